The molecule has 5 heteroatoms. The molecule has 0 amide bonds. The van der Waals surface area contributed by atoms with Gasteiger partial charge < -0.3 is 14.8 Å². The molecule has 1 saturated heterocycles. The Morgan fingerprint density at radius 3 is 3.21 bits per heavy atom. The number of rotatable bonds is 2. The van der Waals surface area contributed by atoms with Crippen molar-refractivity contribution in [3.63, 3.8) is 0 Å². The van der Waals surface area contributed by atoms with Crippen LogP contribution in [0.25, 0.3) is 0 Å². The van der Waals surface area contributed by atoms with E-state index in [1.807, 2.05) is 0 Å². The van der Waals surface area contributed by atoms with Crippen molar-refractivity contribution < 1.29 is 14.3 Å². The zero-order valence-corrected chi connectivity index (χ0v) is 7.64. The highest BCUT2D eigenvalue weighted by atomic mass is 16.4. The average Bonchev–Trinajstić information content (AvgIpc) is 2.70. The van der Waals surface area contributed by atoms with Gasteiger partial charge in [0.05, 0.1) is 11.6 Å². The Kier molecular flexibility index (Phi) is 2.49. The summed E-state index contributed by atoms with van der Waals surface area (Å²) in [6.45, 7) is 1.34. The van der Waals surface area contributed by atoms with Gasteiger partial charge in [0.15, 0.2) is 6.39 Å². The summed E-state index contributed by atoms with van der Waals surface area (Å²) < 4.78 is 4.87. The van der Waals surface area contributed by atoms with Crippen LogP contribution in [0.3, 0.4) is 0 Å². The highest BCUT2D eigenvalue weighted by Crippen LogP contribution is 2.29. The van der Waals surface area contributed by atoms with Crippen LogP contribution in [0.2, 0.25) is 0 Å². The lowest BCUT2D eigenvalue weighted by Gasteiger charge is -2.27. The molecule has 2 unspecified atom stereocenters. The van der Waals surface area contributed by atoms with Gasteiger partial charge in [0.1, 0.15) is 6.26 Å². The SMILES string of the molecule is O=C(O)C1CNCCC1c1cocn1. The van der Waals surface area contributed by atoms with Crippen LogP contribution in [-0.4, -0.2) is 29.1 Å². The number of nitrogens with zero attached hydrogens (tertiary/aromatic N) is 1. The minimum absolute atomic E-state index is 0.0208. The van der Waals surface area contributed by atoms with Crippen molar-refractivity contribution in [3.05, 3.63) is 18.4 Å². The molecule has 2 atom stereocenters. The predicted molar refractivity (Wildman–Crippen MR) is 47.9 cm³/mol. The number of piperidine rings is 1. The second kappa shape index (κ2) is 3.79. The largest absolute Gasteiger partial charge is 0.481 e. The first kappa shape index (κ1) is 9.21. The van der Waals surface area contributed by atoms with Crippen molar-refractivity contribution in [3.8, 4) is 0 Å². The third-order valence-corrected chi connectivity index (χ3v) is 2.63. The monoisotopic (exact) mass is 196 g/mol. The average molecular weight is 196 g/mol. The summed E-state index contributed by atoms with van der Waals surface area (Å²) in [4.78, 5) is 15.0. The van der Waals surface area contributed by atoms with Crippen LogP contribution >= 0.6 is 0 Å². The number of carboxylic acid groups (broad SMARTS) is 1. The van der Waals surface area contributed by atoms with E-state index in [-0.39, 0.29) is 5.92 Å². The second-order valence-electron chi connectivity index (χ2n) is 3.46. The van der Waals surface area contributed by atoms with E-state index < -0.39 is 11.9 Å². The minimum atomic E-state index is -0.773. The summed E-state index contributed by atoms with van der Waals surface area (Å²) in [5, 5.41) is 12.1. The Labute approximate surface area is 81.1 Å². The first-order chi connectivity index (χ1) is 6.79. The topological polar surface area (TPSA) is 75.4 Å². The summed E-state index contributed by atoms with van der Waals surface area (Å²) in [7, 11) is 0. The fraction of sp³-hybridized carbons (Fsp3) is 0.556. The van der Waals surface area contributed by atoms with Crippen molar-refractivity contribution >= 4 is 5.97 Å². The van der Waals surface area contributed by atoms with Gasteiger partial charge >= 0.3 is 5.97 Å². The number of hydrogen-bond donors (Lipinski definition) is 2. The molecule has 0 aromatic carbocycles. The lowest BCUT2D eigenvalue weighted by molar-refractivity contribution is -0.143. The van der Waals surface area contributed by atoms with Gasteiger partial charge in [0.25, 0.3) is 0 Å². The van der Waals surface area contributed by atoms with E-state index in [2.05, 4.69) is 10.3 Å². The minimum Gasteiger partial charge on any atom is -0.481 e. The first-order valence-corrected chi connectivity index (χ1v) is 4.60. The van der Waals surface area contributed by atoms with Crippen molar-refractivity contribution in [2.24, 2.45) is 5.92 Å². The van der Waals surface area contributed by atoms with E-state index in [4.69, 9.17) is 9.52 Å². The van der Waals surface area contributed by atoms with Crippen molar-refractivity contribution in [2.45, 2.75) is 12.3 Å². The molecule has 14 heavy (non-hydrogen) atoms. The summed E-state index contributed by atoms with van der Waals surface area (Å²) in [5.41, 5.74) is 0.749. The number of nitrogens with one attached hydrogen (secondary N) is 1. The molecule has 2 N–H and O–H groups in total. The Bertz CT molecular complexity index is 310. The molecule has 2 rings (SSSR count). The molecule has 1 fully saturated rings. The fourth-order valence-corrected chi connectivity index (χ4v) is 1.88. The predicted octanol–water partition coefficient (Wildman–Crippen LogP) is 0.452. The third kappa shape index (κ3) is 1.63. The maximum Gasteiger partial charge on any atom is 0.308 e. The molecule has 1 aliphatic heterocycles. The fourth-order valence-electron chi connectivity index (χ4n) is 1.88. The lowest BCUT2D eigenvalue weighted by atomic mass is 9.84. The van der Waals surface area contributed by atoms with Crippen LogP contribution in [0.4, 0.5) is 0 Å². The standard InChI is InChI=1S/C9H12N2O3/c12-9(13)7-3-10-2-1-6(7)8-4-14-5-11-8/h4-7,10H,1-3H2,(H,12,13). The van der Waals surface area contributed by atoms with Crippen LogP contribution in [0.15, 0.2) is 17.1 Å². The van der Waals surface area contributed by atoms with Gasteiger partial charge in [0, 0.05) is 12.5 Å². The Balaban J connectivity index is 2.18. The van der Waals surface area contributed by atoms with E-state index in [0.717, 1.165) is 18.7 Å². The van der Waals surface area contributed by atoms with Gasteiger partial charge in [0.2, 0.25) is 0 Å². The molecule has 5 nitrogen and oxygen atoms in total. The third-order valence-electron chi connectivity index (χ3n) is 2.63. The highest BCUT2D eigenvalue weighted by Gasteiger charge is 2.33. The molecule has 0 spiro atoms. The quantitative estimate of drug-likeness (QED) is 0.718. The maximum absolute atomic E-state index is 11.0. The van der Waals surface area contributed by atoms with E-state index in [1.165, 1.54) is 12.7 Å². The molecule has 0 aliphatic carbocycles. The van der Waals surface area contributed by atoms with Gasteiger partial charge in [-0.2, -0.15) is 0 Å². The smallest absolute Gasteiger partial charge is 0.308 e. The molecule has 0 bridgehead atoms. The molecule has 0 radical (unpaired) electrons. The van der Waals surface area contributed by atoms with Crippen LogP contribution < -0.4 is 5.32 Å². The summed E-state index contributed by atoms with van der Waals surface area (Å²) in [6, 6.07) is 0. The highest BCUT2D eigenvalue weighted by molar-refractivity contribution is 5.71. The number of hydrogen-bond acceptors (Lipinski definition) is 4. The van der Waals surface area contributed by atoms with E-state index in [1.54, 1.807) is 0 Å². The second-order valence-corrected chi connectivity index (χ2v) is 3.46. The zero-order chi connectivity index (χ0) is 9.97. The molecule has 0 saturated carbocycles. The molecule has 76 valence electrons. The van der Waals surface area contributed by atoms with Gasteiger partial charge in [-0.05, 0) is 13.0 Å². The van der Waals surface area contributed by atoms with Crippen molar-refractivity contribution in [1.82, 2.24) is 10.3 Å². The molecular formula is C9H12N2O3. The summed E-state index contributed by atoms with van der Waals surface area (Å²) >= 11 is 0. The molecule has 1 aromatic rings. The first-order valence-electron chi connectivity index (χ1n) is 4.60. The number of carbonyl (C=O) groups is 1. The molecule has 2 heterocycles. The normalized spacial score (nSPS) is 27.4. The summed E-state index contributed by atoms with van der Waals surface area (Å²) in [5.74, 6) is -1.19. The number of oxazole rings is 1. The number of carboxylic acids is 1. The van der Waals surface area contributed by atoms with Gasteiger partial charge in [-0.15, -0.1) is 0 Å². The van der Waals surface area contributed by atoms with Gasteiger partial charge in [-0.1, -0.05) is 0 Å². The van der Waals surface area contributed by atoms with Crippen molar-refractivity contribution in [2.75, 3.05) is 13.1 Å². The van der Waals surface area contributed by atoms with Gasteiger partial charge in [-0.25, -0.2) is 4.98 Å². The van der Waals surface area contributed by atoms with E-state index in [0.29, 0.717) is 6.54 Å². The number of aromatic nitrogens is 1. The maximum atomic E-state index is 11.0. The summed E-state index contributed by atoms with van der Waals surface area (Å²) in [6.07, 6.45) is 3.67. The lowest BCUT2D eigenvalue weighted by Crippen LogP contribution is -2.39. The molecule has 1 aliphatic rings. The Hall–Kier alpha value is -1.36. The van der Waals surface area contributed by atoms with E-state index >= 15 is 0 Å². The Morgan fingerprint density at radius 1 is 1.71 bits per heavy atom. The Morgan fingerprint density at radius 2 is 2.57 bits per heavy atom. The number of aliphatic carboxylic acids is 1. The molecular weight excluding hydrogens is 184 g/mol. The van der Waals surface area contributed by atoms with Crippen LogP contribution in [0, 0.1) is 5.92 Å². The van der Waals surface area contributed by atoms with Crippen LogP contribution in [0.5, 0.6) is 0 Å². The van der Waals surface area contributed by atoms with Gasteiger partial charge in [-0.3, -0.25) is 4.79 Å². The van der Waals surface area contributed by atoms with Crippen molar-refractivity contribution in [1.29, 1.82) is 0 Å². The van der Waals surface area contributed by atoms with Crippen LogP contribution in [-0.2, 0) is 4.79 Å². The van der Waals surface area contributed by atoms with Crippen LogP contribution in [0.1, 0.15) is 18.0 Å². The zero-order valence-electron chi connectivity index (χ0n) is 7.64. The molecule has 1 aromatic heterocycles. The van der Waals surface area contributed by atoms with E-state index in [9.17, 15) is 4.79 Å².